The van der Waals surface area contributed by atoms with E-state index in [1.165, 1.54) is 18.2 Å². The number of rotatable bonds is 2. The van der Waals surface area contributed by atoms with E-state index in [0.29, 0.717) is 0 Å². The van der Waals surface area contributed by atoms with Gasteiger partial charge in [-0.25, -0.2) is 4.79 Å². The second kappa shape index (κ2) is 3.19. The molecule has 1 unspecified atom stereocenters. The van der Waals surface area contributed by atoms with Crippen LogP contribution in [0.2, 0.25) is 0 Å². The van der Waals surface area contributed by atoms with E-state index in [4.69, 9.17) is 10.2 Å². The number of carbonyl (C=O) groups is 1. The molecule has 1 rings (SSSR count). The number of hydrogen-bond donors (Lipinski definition) is 4. The summed E-state index contributed by atoms with van der Waals surface area (Å²) >= 11 is 0. The molecule has 1 atom stereocenters. The summed E-state index contributed by atoms with van der Waals surface area (Å²) in [6, 6.07) is 3.75. The second-order valence-corrected chi connectivity index (χ2v) is 3.05. The topological polar surface area (TPSA) is 98.0 Å². The molecule has 0 saturated carbocycles. The lowest BCUT2D eigenvalue weighted by atomic mass is 9.95. The smallest absolute Gasteiger partial charge is 0.340 e. The number of hydrogen-bond acceptors (Lipinski definition) is 4. The Hall–Kier alpha value is -1.75. The first kappa shape index (κ1) is 10.3. The Morgan fingerprint density at radius 1 is 1.36 bits per heavy atom. The van der Waals surface area contributed by atoms with Crippen molar-refractivity contribution in [2.75, 3.05) is 0 Å². The molecule has 0 aliphatic rings. The number of carboxylic acid groups (broad SMARTS) is 1. The molecule has 0 aliphatic carbocycles. The van der Waals surface area contributed by atoms with Crippen LogP contribution in [0.4, 0.5) is 0 Å². The highest BCUT2D eigenvalue weighted by molar-refractivity contribution is 5.80. The highest BCUT2D eigenvalue weighted by atomic mass is 16.4. The lowest BCUT2D eigenvalue weighted by Gasteiger charge is -2.19. The molecule has 0 aliphatic heterocycles. The van der Waals surface area contributed by atoms with Gasteiger partial charge in [0, 0.05) is 5.56 Å². The summed E-state index contributed by atoms with van der Waals surface area (Å²) in [4.78, 5) is 10.6. The fourth-order valence-electron chi connectivity index (χ4n) is 1.04. The molecule has 0 spiro atoms. The number of aliphatic hydroxyl groups is 1. The van der Waals surface area contributed by atoms with Gasteiger partial charge in [-0.1, -0.05) is 12.1 Å². The van der Waals surface area contributed by atoms with E-state index >= 15 is 0 Å². The number of aromatic hydroxyl groups is 2. The molecule has 0 amide bonds. The first-order valence-electron chi connectivity index (χ1n) is 3.84. The molecular weight excluding hydrogens is 188 g/mol. The van der Waals surface area contributed by atoms with Crippen LogP contribution in [0.3, 0.4) is 0 Å². The molecule has 1 aromatic carbocycles. The van der Waals surface area contributed by atoms with Crippen molar-refractivity contribution >= 4 is 5.97 Å². The van der Waals surface area contributed by atoms with E-state index in [2.05, 4.69) is 0 Å². The van der Waals surface area contributed by atoms with Gasteiger partial charge in [0.1, 0.15) is 0 Å². The average Bonchev–Trinajstić information content (AvgIpc) is 2.09. The zero-order valence-electron chi connectivity index (χ0n) is 7.43. The summed E-state index contributed by atoms with van der Waals surface area (Å²) in [5.41, 5.74) is -2.46. The molecule has 0 aromatic heterocycles. The van der Waals surface area contributed by atoms with Gasteiger partial charge in [-0.05, 0) is 13.0 Å². The predicted octanol–water partition coefficient (Wildman–Crippen LogP) is 0.390. The number of phenolic OH excluding ortho intramolecular Hbond substituents is 2. The molecule has 0 bridgehead atoms. The van der Waals surface area contributed by atoms with Gasteiger partial charge in [-0.2, -0.15) is 0 Å². The van der Waals surface area contributed by atoms with E-state index in [1.54, 1.807) is 0 Å². The van der Waals surface area contributed by atoms with Crippen molar-refractivity contribution in [1.29, 1.82) is 0 Å². The molecule has 0 fully saturated rings. The SMILES string of the molecule is CC(O)(C(=O)O)c1cccc(O)c1O. The van der Waals surface area contributed by atoms with E-state index in [-0.39, 0.29) is 5.56 Å². The Balaban J connectivity index is 3.33. The van der Waals surface area contributed by atoms with E-state index in [0.717, 1.165) is 6.92 Å². The number of carboxylic acids is 1. The summed E-state index contributed by atoms with van der Waals surface area (Å²) in [6.45, 7) is 1.02. The van der Waals surface area contributed by atoms with Gasteiger partial charge in [0.2, 0.25) is 0 Å². The summed E-state index contributed by atoms with van der Waals surface area (Å²) in [5.74, 6) is -2.60. The molecule has 14 heavy (non-hydrogen) atoms. The summed E-state index contributed by atoms with van der Waals surface area (Å²) in [7, 11) is 0. The maximum atomic E-state index is 10.6. The van der Waals surface area contributed by atoms with Crippen molar-refractivity contribution < 1.29 is 25.2 Å². The first-order valence-corrected chi connectivity index (χ1v) is 3.84. The van der Waals surface area contributed by atoms with Gasteiger partial charge >= 0.3 is 5.97 Å². The van der Waals surface area contributed by atoms with Crippen molar-refractivity contribution in [3.05, 3.63) is 23.8 Å². The first-order chi connectivity index (χ1) is 6.37. The normalized spacial score (nSPS) is 14.7. The molecular formula is C9H10O5. The van der Waals surface area contributed by atoms with Gasteiger partial charge < -0.3 is 20.4 Å². The van der Waals surface area contributed by atoms with Crippen LogP contribution in [-0.4, -0.2) is 26.4 Å². The largest absolute Gasteiger partial charge is 0.504 e. The number of phenols is 2. The van der Waals surface area contributed by atoms with Crippen molar-refractivity contribution in [1.82, 2.24) is 0 Å². The van der Waals surface area contributed by atoms with Crippen LogP contribution in [0.15, 0.2) is 18.2 Å². The fraction of sp³-hybridized carbons (Fsp3) is 0.222. The van der Waals surface area contributed by atoms with E-state index in [1.807, 2.05) is 0 Å². The minimum atomic E-state index is -2.22. The average molecular weight is 198 g/mol. The molecule has 5 heteroatoms. The molecule has 0 radical (unpaired) electrons. The molecule has 0 saturated heterocycles. The quantitative estimate of drug-likeness (QED) is 0.515. The lowest BCUT2D eigenvalue weighted by molar-refractivity contribution is -0.157. The second-order valence-electron chi connectivity index (χ2n) is 3.05. The standard InChI is InChI=1S/C9H10O5/c1-9(14,8(12)13)5-3-2-4-6(10)7(5)11/h2-4,10-11,14H,1H3,(H,12,13). The van der Waals surface area contributed by atoms with Crippen LogP contribution in [0, 0.1) is 0 Å². The van der Waals surface area contributed by atoms with Gasteiger partial charge in [-0.3, -0.25) is 0 Å². The third-order valence-corrected chi connectivity index (χ3v) is 1.96. The maximum absolute atomic E-state index is 10.6. The highest BCUT2D eigenvalue weighted by Crippen LogP contribution is 2.35. The number of benzene rings is 1. The predicted molar refractivity (Wildman–Crippen MR) is 47.0 cm³/mol. The summed E-state index contributed by atoms with van der Waals surface area (Å²) < 4.78 is 0. The number of aliphatic carboxylic acids is 1. The van der Waals surface area contributed by atoms with Crippen LogP contribution < -0.4 is 0 Å². The molecule has 1 aromatic rings. The Kier molecular flexibility index (Phi) is 2.35. The monoisotopic (exact) mass is 198 g/mol. The van der Waals surface area contributed by atoms with Crippen molar-refractivity contribution in [2.24, 2.45) is 0 Å². The van der Waals surface area contributed by atoms with Crippen molar-refractivity contribution in [3.63, 3.8) is 0 Å². The van der Waals surface area contributed by atoms with Crippen LogP contribution in [0.25, 0.3) is 0 Å². The lowest BCUT2D eigenvalue weighted by Crippen LogP contribution is -2.31. The fourth-order valence-corrected chi connectivity index (χ4v) is 1.04. The van der Waals surface area contributed by atoms with Gasteiger partial charge in [0.15, 0.2) is 17.1 Å². The van der Waals surface area contributed by atoms with Gasteiger partial charge in [-0.15, -0.1) is 0 Å². The zero-order valence-corrected chi connectivity index (χ0v) is 7.43. The van der Waals surface area contributed by atoms with Crippen molar-refractivity contribution in [3.8, 4) is 11.5 Å². The minimum Gasteiger partial charge on any atom is -0.504 e. The summed E-state index contributed by atoms with van der Waals surface area (Å²) in [6.07, 6.45) is 0. The highest BCUT2D eigenvalue weighted by Gasteiger charge is 2.35. The van der Waals surface area contributed by atoms with Gasteiger partial charge in [0.05, 0.1) is 0 Å². The molecule has 5 nitrogen and oxygen atoms in total. The van der Waals surface area contributed by atoms with Crippen LogP contribution in [0.1, 0.15) is 12.5 Å². The van der Waals surface area contributed by atoms with Crippen LogP contribution in [0.5, 0.6) is 11.5 Å². The van der Waals surface area contributed by atoms with Gasteiger partial charge in [0.25, 0.3) is 0 Å². The minimum absolute atomic E-state index is 0.245. The van der Waals surface area contributed by atoms with Crippen molar-refractivity contribution in [2.45, 2.75) is 12.5 Å². The molecule has 4 N–H and O–H groups in total. The van der Waals surface area contributed by atoms with Crippen LogP contribution in [-0.2, 0) is 10.4 Å². The Labute approximate surface area is 79.9 Å². The van der Waals surface area contributed by atoms with E-state index < -0.39 is 23.1 Å². The molecule has 76 valence electrons. The Morgan fingerprint density at radius 2 is 1.93 bits per heavy atom. The maximum Gasteiger partial charge on any atom is 0.340 e. The third kappa shape index (κ3) is 1.49. The van der Waals surface area contributed by atoms with Crippen LogP contribution >= 0.6 is 0 Å². The molecule has 0 heterocycles. The zero-order chi connectivity index (χ0) is 10.9. The van der Waals surface area contributed by atoms with E-state index in [9.17, 15) is 15.0 Å². The Bertz CT molecular complexity index is 369. The number of para-hydroxylation sites is 1. The third-order valence-electron chi connectivity index (χ3n) is 1.96. The summed E-state index contributed by atoms with van der Waals surface area (Å²) in [5, 5.41) is 36.6. The Morgan fingerprint density at radius 3 is 2.43 bits per heavy atom.